The van der Waals surface area contributed by atoms with Crippen molar-refractivity contribution in [3.05, 3.63) is 58.4 Å². The fourth-order valence-electron chi connectivity index (χ4n) is 2.32. The van der Waals surface area contributed by atoms with Gasteiger partial charge < -0.3 is 10.1 Å². The Kier molecular flexibility index (Phi) is 4.36. The number of nitrogens with one attached hydrogen (secondary N) is 1. The third-order valence-electron chi connectivity index (χ3n) is 3.75. The normalized spacial score (nSPS) is 10.7. The maximum atomic E-state index is 12.4. The van der Waals surface area contributed by atoms with Crippen LogP contribution in [0.1, 0.15) is 21.7 Å². The summed E-state index contributed by atoms with van der Waals surface area (Å²) in [6.07, 6.45) is 0. The summed E-state index contributed by atoms with van der Waals surface area (Å²) in [6.45, 7) is 3.81. The molecule has 0 unspecified atom stereocenters. The van der Waals surface area contributed by atoms with Gasteiger partial charge in [0.05, 0.1) is 34.6 Å². The fourth-order valence-corrected chi connectivity index (χ4v) is 2.58. The molecule has 24 heavy (non-hydrogen) atoms. The molecule has 3 rings (SSSR count). The maximum Gasteiger partial charge on any atom is 0.255 e. The van der Waals surface area contributed by atoms with E-state index in [-0.39, 0.29) is 5.91 Å². The molecule has 2 aromatic carbocycles. The van der Waals surface area contributed by atoms with Gasteiger partial charge in [-0.2, -0.15) is 0 Å². The zero-order chi connectivity index (χ0) is 17.3. The molecular weight excluding hydrogens is 326 g/mol. The van der Waals surface area contributed by atoms with Crippen molar-refractivity contribution in [1.82, 2.24) is 9.97 Å². The zero-order valence-electron chi connectivity index (χ0n) is 13.6. The number of benzene rings is 2. The molecule has 0 aliphatic carbocycles. The van der Waals surface area contributed by atoms with Crippen LogP contribution in [0.25, 0.3) is 11.0 Å². The summed E-state index contributed by atoms with van der Waals surface area (Å²) in [7, 11) is 1.54. The molecule has 0 spiro atoms. The standard InChI is InChI=1S/C18H16ClN3O2/c1-10-11(2)21-16-8-12(4-6-15(16)20-10)18(23)22-13-5-7-17(24-3)14(19)9-13/h4-9H,1-3H3,(H,22,23). The molecule has 0 radical (unpaired) electrons. The average Bonchev–Trinajstić information content (AvgIpc) is 2.55. The number of ether oxygens (including phenoxy) is 1. The van der Waals surface area contributed by atoms with Gasteiger partial charge in [-0.3, -0.25) is 4.79 Å². The molecule has 0 bridgehead atoms. The van der Waals surface area contributed by atoms with Crippen molar-refractivity contribution in [2.45, 2.75) is 13.8 Å². The molecular formula is C18H16ClN3O2. The highest BCUT2D eigenvalue weighted by Gasteiger charge is 2.10. The minimum Gasteiger partial charge on any atom is -0.495 e. The Labute approximate surface area is 144 Å². The van der Waals surface area contributed by atoms with Gasteiger partial charge in [0.2, 0.25) is 0 Å². The molecule has 1 aromatic heterocycles. The average molecular weight is 342 g/mol. The number of hydrogen-bond acceptors (Lipinski definition) is 4. The summed E-state index contributed by atoms with van der Waals surface area (Å²) in [6, 6.07) is 10.3. The number of hydrogen-bond donors (Lipinski definition) is 1. The minimum atomic E-state index is -0.238. The third-order valence-corrected chi connectivity index (χ3v) is 4.04. The van der Waals surface area contributed by atoms with Crippen LogP contribution >= 0.6 is 11.6 Å². The molecule has 0 atom stereocenters. The highest BCUT2D eigenvalue weighted by molar-refractivity contribution is 6.32. The summed E-state index contributed by atoms with van der Waals surface area (Å²) >= 11 is 6.07. The zero-order valence-corrected chi connectivity index (χ0v) is 14.3. The SMILES string of the molecule is COc1ccc(NC(=O)c2ccc3nc(C)c(C)nc3c2)cc1Cl. The van der Waals surface area contributed by atoms with Crippen LogP contribution in [0.5, 0.6) is 5.75 Å². The first-order valence-corrected chi connectivity index (χ1v) is 7.75. The lowest BCUT2D eigenvalue weighted by atomic mass is 10.1. The van der Waals surface area contributed by atoms with Crippen LogP contribution in [-0.2, 0) is 0 Å². The van der Waals surface area contributed by atoms with Crippen LogP contribution in [0, 0.1) is 13.8 Å². The summed E-state index contributed by atoms with van der Waals surface area (Å²) in [5.74, 6) is 0.319. The van der Waals surface area contributed by atoms with Gasteiger partial charge in [-0.25, -0.2) is 9.97 Å². The van der Waals surface area contributed by atoms with Gasteiger partial charge in [0.1, 0.15) is 5.75 Å². The van der Waals surface area contributed by atoms with Crippen LogP contribution in [0.4, 0.5) is 5.69 Å². The number of fused-ring (bicyclic) bond motifs is 1. The number of amides is 1. The lowest BCUT2D eigenvalue weighted by Crippen LogP contribution is -2.12. The summed E-state index contributed by atoms with van der Waals surface area (Å²) in [5, 5.41) is 3.25. The van der Waals surface area contributed by atoms with Crippen molar-refractivity contribution in [2.75, 3.05) is 12.4 Å². The second-order valence-electron chi connectivity index (χ2n) is 5.40. The number of aromatic nitrogens is 2. The van der Waals surface area contributed by atoms with E-state index in [0.29, 0.717) is 27.5 Å². The smallest absolute Gasteiger partial charge is 0.255 e. The molecule has 1 amide bonds. The Balaban J connectivity index is 1.88. The van der Waals surface area contributed by atoms with Gasteiger partial charge in [-0.1, -0.05) is 11.6 Å². The van der Waals surface area contributed by atoms with Gasteiger partial charge in [-0.05, 0) is 50.2 Å². The molecule has 0 fully saturated rings. The van der Waals surface area contributed by atoms with Gasteiger partial charge in [0.25, 0.3) is 5.91 Å². The number of nitrogens with zero attached hydrogens (tertiary/aromatic N) is 2. The second-order valence-corrected chi connectivity index (χ2v) is 5.81. The third kappa shape index (κ3) is 3.16. The van der Waals surface area contributed by atoms with Crippen molar-refractivity contribution in [2.24, 2.45) is 0 Å². The van der Waals surface area contributed by atoms with Crippen LogP contribution in [-0.4, -0.2) is 23.0 Å². The lowest BCUT2D eigenvalue weighted by Gasteiger charge is -2.09. The maximum absolute atomic E-state index is 12.4. The molecule has 0 aliphatic heterocycles. The van der Waals surface area contributed by atoms with E-state index in [4.69, 9.17) is 16.3 Å². The Bertz CT molecular complexity index is 941. The summed E-state index contributed by atoms with van der Waals surface area (Å²) in [4.78, 5) is 21.4. The number of methoxy groups -OCH3 is 1. The van der Waals surface area contributed by atoms with Gasteiger partial charge in [0.15, 0.2) is 0 Å². The summed E-state index contributed by atoms with van der Waals surface area (Å²) in [5.41, 5.74) is 4.29. The fraction of sp³-hybridized carbons (Fsp3) is 0.167. The number of rotatable bonds is 3. The number of halogens is 1. The van der Waals surface area contributed by atoms with E-state index >= 15 is 0 Å². The van der Waals surface area contributed by atoms with Crippen molar-refractivity contribution in [3.8, 4) is 5.75 Å². The first-order chi connectivity index (χ1) is 11.5. The molecule has 1 N–H and O–H groups in total. The van der Waals surface area contributed by atoms with Crippen molar-refractivity contribution in [3.63, 3.8) is 0 Å². The van der Waals surface area contributed by atoms with E-state index in [2.05, 4.69) is 15.3 Å². The first-order valence-electron chi connectivity index (χ1n) is 7.38. The van der Waals surface area contributed by atoms with Gasteiger partial charge >= 0.3 is 0 Å². The topological polar surface area (TPSA) is 64.1 Å². The second kappa shape index (κ2) is 6.45. The van der Waals surface area contributed by atoms with E-state index in [1.165, 1.54) is 0 Å². The molecule has 122 valence electrons. The quantitative estimate of drug-likeness (QED) is 0.776. The van der Waals surface area contributed by atoms with E-state index in [9.17, 15) is 4.79 Å². The van der Waals surface area contributed by atoms with Crippen molar-refractivity contribution < 1.29 is 9.53 Å². The Morgan fingerprint density at radius 3 is 2.42 bits per heavy atom. The number of aryl methyl sites for hydroxylation is 2. The summed E-state index contributed by atoms with van der Waals surface area (Å²) < 4.78 is 5.10. The number of carbonyl (C=O) groups is 1. The molecule has 0 saturated heterocycles. The van der Waals surface area contributed by atoms with Crippen LogP contribution in [0.3, 0.4) is 0 Å². The Morgan fingerprint density at radius 1 is 1.04 bits per heavy atom. The molecule has 5 nitrogen and oxygen atoms in total. The van der Waals surface area contributed by atoms with E-state index in [1.807, 2.05) is 13.8 Å². The van der Waals surface area contributed by atoms with Gasteiger partial charge in [-0.15, -0.1) is 0 Å². The Hall–Kier alpha value is -2.66. The predicted octanol–water partition coefficient (Wildman–Crippen LogP) is 4.16. The molecule has 6 heteroatoms. The largest absolute Gasteiger partial charge is 0.495 e. The lowest BCUT2D eigenvalue weighted by molar-refractivity contribution is 0.102. The molecule has 0 saturated carbocycles. The Morgan fingerprint density at radius 2 is 1.75 bits per heavy atom. The molecule has 1 heterocycles. The van der Waals surface area contributed by atoms with Gasteiger partial charge in [0, 0.05) is 11.3 Å². The number of anilines is 1. The van der Waals surface area contributed by atoms with Crippen LogP contribution in [0.15, 0.2) is 36.4 Å². The van der Waals surface area contributed by atoms with Crippen molar-refractivity contribution >= 4 is 34.2 Å². The first kappa shape index (κ1) is 16.2. The van der Waals surface area contributed by atoms with Crippen LogP contribution < -0.4 is 10.1 Å². The highest BCUT2D eigenvalue weighted by atomic mass is 35.5. The number of carbonyl (C=O) groups excluding carboxylic acids is 1. The van der Waals surface area contributed by atoms with Crippen LogP contribution in [0.2, 0.25) is 5.02 Å². The minimum absolute atomic E-state index is 0.238. The monoisotopic (exact) mass is 341 g/mol. The molecule has 0 aliphatic rings. The highest BCUT2D eigenvalue weighted by Crippen LogP contribution is 2.27. The van der Waals surface area contributed by atoms with E-state index < -0.39 is 0 Å². The molecule has 3 aromatic rings. The van der Waals surface area contributed by atoms with E-state index in [1.54, 1.807) is 43.5 Å². The van der Waals surface area contributed by atoms with Crippen molar-refractivity contribution in [1.29, 1.82) is 0 Å². The predicted molar refractivity (Wildman–Crippen MR) is 95.0 cm³/mol. The van der Waals surface area contributed by atoms with E-state index in [0.717, 1.165) is 16.9 Å².